The highest BCUT2D eigenvalue weighted by Crippen LogP contribution is 2.43. The van der Waals surface area contributed by atoms with Gasteiger partial charge in [0.05, 0.1) is 35.9 Å². The Hall–Kier alpha value is -1.05. The lowest BCUT2D eigenvalue weighted by molar-refractivity contribution is -0.336. The predicted octanol–water partition coefficient (Wildman–Crippen LogP) is 1.93. The molecule has 0 bridgehead atoms. The number of hydrogen-bond donors (Lipinski definition) is 7. The molecule has 15 nitrogen and oxygen atoms in total. The van der Waals surface area contributed by atoms with Crippen LogP contribution in [0.25, 0.3) is 0 Å². The largest absolute Gasteiger partial charge is 0.459 e. The Morgan fingerprint density at radius 3 is 2.18 bits per heavy atom. The number of nitrogens with zero attached hydrogens (tertiary/aromatic N) is 1. The van der Waals surface area contributed by atoms with Crippen LogP contribution in [0.1, 0.15) is 108 Å². The molecule has 0 aliphatic carbocycles. The highest BCUT2D eigenvalue weighted by molar-refractivity contribution is 5.73. The summed E-state index contributed by atoms with van der Waals surface area (Å²) in [5.41, 5.74) is -5.95. The lowest BCUT2D eigenvalue weighted by atomic mass is 9.75. The molecule has 330 valence electrons. The average molecular weight is 806 g/mol. The molecule has 3 rings (SSSR count). The van der Waals surface area contributed by atoms with Crippen LogP contribution in [0.4, 0.5) is 0 Å². The van der Waals surface area contributed by atoms with Crippen molar-refractivity contribution in [2.24, 2.45) is 17.8 Å². The Morgan fingerprint density at radius 1 is 0.964 bits per heavy atom. The van der Waals surface area contributed by atoms with Gasteiger partial charge in [-0.25, -0.2) is 0 Å². The Morgan fingerprint density at radius 2 is 1.61 bits per heavy atom. The normalized spacial score (nSPS) is 47.9. The van der Waals surface area contributed by atoms with Gasteiger partial charge in [-0.15, -0.1) is 0 Å². The number of carbonyl (C=O) groups excluding carboxylic acids is 1. The van der Waals surface area contributed by atoms with E-state index in [0.29, 0.717) is 19.5 Å². The summed E-state index contributed by atoms with van der Waals surface area (Å²) in [6.07, 6.45) is -6.71. The number of methoxy groups -OCH3 is 1. The lowest BCUT2D eigenvalue weighted by Crippen LogP contribution is -2.70. The minimum atomic E-state index is -1.81. The van der Waals surface area contributed by atoms with Gasteiger partial charge in [0.15, 0.2) is 12.6 Å². The van der Waals surface area contributed by atoms with Crippen LogP contribution in [-0.4, -0.2) is 167 Å². The number of ether oxygens (including phenoxy) is 6. The number of carbonyl (C=O) groups is 1. The number of aliphatic hydroxyl groups excluding tert-OH is 2. The molecule has 0 radical (unpaired) electrons. The van der Waals surface area contributed by atoms with E-state index in [1.54, 1.807) is 34.6 Å². The molecular formula is C41H79N3O12. The second-order valence-electron chi connectivity index (χ2n) is 18.2. The maximum absolute atomic E-state index is 14.3. The second kappa shape index (κ2) is 20.0. The minimum Gasteiger partial charge on any atom is -0.459 e. The van der Waals surface area contributed by atoms with E-state index in [4.69, 9.17) is 28.4 Å². The van der Waals surface area contributed by atoms with Gasteiger partial charge in [0.1, 0.15) is 35.1 Å². The van der Waals surface area contributed by atoms with Crippen molar-refractivity contribution >= 4 is 5.97 Å². The number of esters is 1. The molecule has 3 aliphatic rings. The van der Waals surface area contributed by atoms with E-state index in [2.05, 4.69) is 10.6 Å². The van der Waals surface area contributed by atoms with E-state index >= 15 is 0 Å². The monoisotopic (exact) mass is 806 g/mol. The van der Waals surface area contributed by atoms with E-state index in [9.17, 15) is 30.3 Å². The van der Waals surface area contributed by atoms with Crippen LogP contribution < -0.4 is 10.6 Å². The number of rotatable bonds is 11. The molecule has 0 aromatic heterocycles. The Kier molecular flexibility index (Phi) is 17.6. The molecule has 56 heavy (non-hydrogen) atoms. The van der Waals surface area contributed by atoms with Crippen LogP contribution in [0.15, 0.2) is 0 Å². The molecule has 0 aromatic carbocycles. The predicted molar refractivity (Wildman–Crippen MR) is 212 cm³/mol. The summed E-state index contributed by atoms with van der Waals surface area (Å²) in [4.78, 5) is 16.2. The zero-order valence-electron chi connectivity index (χ0n) is 36.8. The highest BCUT2D eigenvalue weighted by atomic mass is 16.7. The molecular weight excluding hydrogens is 726 g/mol. The van der Waals surface area contributed by atoms with Crippen molar-refractivity contribution in [3.8, 4) is 0 Å². The lowest BCUT2D eigenvalue weighted by Gasteiger charge is -2.53. The molecule has 3 fully saturated rings. The van der Waals surface area contributed by atoms with Gasteiger partial charge in [0.25, 0.3) is 0 Å². The third-order valence-electron chi connectivity index (χ3n) is 13.0. The molecule has 18 atom stereocenters. The van der Waals surface area contributed by atoms with Crippen molar-refractivity contribution in [1.82, 2.24) is 15.5 Å². The zero-order chi connectivity index (χ0) is 42.6. The third-order valence-corrected chi connectivity index (χ3v) is 13.0. The van der Waals surface area contributed by atoms with Gasteiger partial charge < -0.3 is 69.5 Å². The van der Waals surface area contributed by atoms with E-state index in [-0.39, 0.29) is 43.9 Å². The topological polar surface area (TPSA) is 201 Å². The molecule has 0 unspecified atom stereocenters. The highest BCUT2D eigenvalue weighted by Gasteiger charge is 2.58. The maximum atomic E-state index is 14.3. The summed E-state index contributed by atoms with van der Waals surface area (Å²) >= 11 is 0. The fraction of sp³-hybridized carbons (Fsp3) is 0.976. The number of aliphatic hydroxyl groups is 5. The Balaban J connectivity index is 2.16. The van der Waals surface area contributed by atoms with E-state index in [0.717, 1.165) is 6.42 Å². The molecule has 0 saturated carbocycles. The SMILES string of the molecule is CCCNC[C@]1(O)[C@H](C)O[C@H](O[C@H]2[C@H](C)[C@@H](O[C@@H]3O[C@H](C)C[C@H](N(C)C)[C@@H]3O)[C@@](C)(O)C[C@@H](C)CN[C@@H](C)[C@@H](O)[C@@](C)(O)[C@@H](CC)OC(=O)[C@H]2C)C[C@]1(C)OC. The van der Waals surface area contributed by atoms with Gasteiger partial charge in [-0.05, 0) is 107 Å². The molecule has 3 aliphatic heterocycles. The van der Waals surface area contributed by atoms with Crippen LogP contribution in [0, 0.1) is 17.8 Å². The summed E-state index contributed by atoms with van der Waals surface area (Å²) in [6, 6.07) is -0.877. The van der Waals surface area contributed by atoms with Gasteiger partial charge in [-0.3, -0.25) is 4.79 Å². The average Bonchev–Trinajstić information content (AvgIpc) is 3.12. The Bertz CT molecular complexity index is 1230. The van der Waals surface area contributed by atoms with Crippen molar-refractivity contribution in [3.63, 3.8) is 0 Å². The minimum absolute atomic E-state index is 0.0939. The molecule has 3 saturated heterocycles. The van der Waals surface area contributed by atoms with Crippen LogP contribution >= 0.6 is 0 Å². The van der Waals surface area contributed by atoms with Gasteiger partial charge in [0.2, 0.25) is 0 Å². The van der Waals surface area contributed by atoms with Crippen molar-refractivity contribution in [1.29, 1.82) is 0 Å². The van der Waals surface area contributed by atoms with E-state index < -0.39 is 95.5 Å². The van der Waals surface area contributed by atoms with Crippen molar-refractivity contribution in [2.45, 2.75) is 198 Å². The molecule has 7 N–H and O–H groups in total. The van der Waals surface area contributed by atoms with Crippen molar-refractivity contribution in [3.05, 3.63) is 0 Å². The maximum Gasteiger partial charge on any atom is 0.311 e. The smallest absolute Gasteiger partial charge is 0.311 e. The second-order valence-corrected chi connectivity index (χ2v) is 18.2. The summed E-state index contributed by atoms with van der Waals surface area (Å²) in [5.74, 6) is -2.66. The van der Waals surface area contributed by atoms with Crippen LogP contribution in [0.2, 0.25) is 0 Å². The first kappa shape index (κ1) is 49.3. The zero-order valence-corrected chi connectivity index (χ0v) is 36.8. The van der Waals surface area contributed by atoms with Crippen molar-refractivity contribution in [2.75, 3.05) is 40.8 Å². The molecule has 0 spiro atoms. The summed E-state index contributed by atoms with van der Waals surface area (Å²) in [7, 11) is 5.31. The van der Waals surface area contributed by atoms with Gasteiger partial charge >= 0.3 is 5.97 Å². The Labute approximate surface area is 336 Å². The third kappa shape index (κ3) is 11.0. The summed E-state index contributed by atoms with van der Waals surface area (Å²) < 4.78 is 38.3. The summed E-state index contributed by atoms with van der Waals surface area (Å²) in [5, 5.41) is 65.8. The molecule has 3 heterocycles. The van der Waals surface area contributed by atoms with E-state index in [1.807, 2.05) is 53.6 Å². The number of cyclic esters (lactones) is 1. The standard InChI is InChI=1S/C41H79N3O12/c1-15-17-42-22-41(50)28(8)53-31(20-39(41,10)51-14)55-33-25(5)35(56-37-32(45)29(44(12)13)18-24(4)52-37)38(9,48)19-23(3)21-43-27(7)34(46)40(11,49)30(16-2)54-36(47)26(33)6/h23-35,37,42-43,45-46,48-50H,15-22H2,1-14H3/t23-,24-,25+,26+,27+,28+,29+,30-,31-,32+,33+,34-,35-,37+,38+,39+,40+,41+/m1/s1. The fourth-order valence-corrected chi connectivity index (χ4v) is 9.21. The van der Waals surface area contributed by atoms with E-state index in [1.165, 1.54) is 14.0 Å². The van der Waals surface area contributed by atoms with Crippen molar-refractivity contribution < 1.29 is 58.7 Å². The van der Waals surface area contributed by atoms with Crippen LogP contribution in [0.3, 0.4) is 0 Å². The number of hydrogen-bond acceptors (Lipinski definition) is 15. The molecule has 15 heteroatoms. The molecule has 0 aromatic rings. The van der Waals surface area contributed by atoms with Gasteiger partial charge in [0, 0.05) is 38.1 Å². The first-order chi connectivity index (χ1) is 25.9. The van der Waals surface area contributed by atoms with Gasteiger partial charge in [-0.1, -0.05) is 27.7 Å². The number of likely N-dealkylation sites (N-methyl/N-ethyl adjacent to an activating group) is 1. The van der Waals surface area contributed by atoms with Crippen LogP contribution in [-0.2, 0) is 33.2 Å². The van der Waals surface area contributed by atoms with Gasteiger partial charge in [-0.2, -0.15) is 0 Å². The first-order valence-corrected chi connectivity index (χ1v) is 20.9. The van der Waals surface area contributed by atoms with Crippen LogP contribution in [0.5, 0.6) is 0 Å². The fourth-order valence-electron chi connectivity index (χ4n) is 9.21. The number of nitrogens with one attached hydrogen (secondary N) is 2. The first-order valence-electron chi connectivity index (χ1n) is 20.9. The summed E-state index contributed by atoms with van der Waals surface area (Å²) in [6.45, 7) is 20.9. The quantitative estimate of drug-likeness (QED) is 0.118. The molecule has 0 amide bonds.